The molecule has 0 N–H and O–H groups in total. The number of anilines is 2. The lowest BCUT2D eigenvalue weighted by molar-refractivity contribution is 0.0979. The van der Waals surface area contributed by atoms with Crippen LogP contribution in [0.2, 0.25) is 0 Å². The molecule has 0 spiro atoms. The van der Waals surface area contributed by atoms with Crippen molar-refractivity contribution in [1.82, 2.24) is 4.90 Å². The molecule has 114 valence electrons. The highest BCUT2D eigenvalue weighted by atomic mass is 19.1. The summed E-state index contributed by atoms with van der Waals surface area (Å²) >= 11 is 0. The summed E-state index contributed by atoms with van der Waals surface area (Å²) in [5.74, 6) is -0.219. The third-order valence-corrected chi connectivity index (χ3v) is 4.54. The molecule has 0 unspecified atom stereocenters. The highest BCUT2D eigenvalue weighted by Crippen LogP contribution is 2.33. The number of likely N-dealkylation sites (N-methyl/N-ethyl adjacent to an activating group) is 1. The number of hydrogen-bond donors (Lipinski definition) is 0. The van der Waals surface area contributed by atoms with Gasteiger partial charge in [-0.3, -0.25) is 4.79 Å². The van der Waals surface area contributed by atoms with Crippen molar-refractivity contribution in [2.45, 2.75) is 13.3 Å². The van der Waals surface area contributed by atoms with E-state index in [1.54, 1.807) is 0 Å². The number of piperazine rings is 1. The molecule has 0 saturated carbocycles. The molecule has 0 amide bonds. The van der Waals surface area contributed by atoms with Crippen LogP contribution in [0.5, 0.6) is 0 Å². The fourth-order valence-electron chi connectivity index (χ4n) is 3.15. The normalized spacial score (nSPS) is 19.9. The van der Waals surface area contributed by atoms with Crippen LogP contribution in [0.25, 0.3) is 0 Å². The van der Waals surface area contributed by atoms with Gasteiger partial charge in [-0.1, -0.05) is 0 Å². The number of halogens is 1. The van der Waals surface area contributed by atoms with E-state index in [1.807, 2.05) is 6.07 Å². The average molecular weight is 291 g/mol. The van der Waals surface area contributed by atoms with Gasteiger partial charge in [-0.05, 0) is 26.1 Å². The minimum absolute atomic E-state index is 0.0542. The summed E-state index contributed by atoms with van der Waals surface area (Å²) in [5.41, 5.74) is 2.07. The predicted octanol–water partition coefficient (Wildman–Crippen LogP) is 1.99. The van der Waals surface area contributed by atoms with Gasteiger partial charge < -0.3 is 14.7 Å². The molecule has 4 nitrogen and oxygen atoms in total. The first-order valence-corrected chi connectivity index (χ1v) is 7.65. The van der Waals surface area contributed by atoms with Gasteiger partial charge >= 0.3 is 0 Å². The molecule has 2 aliphatic heterocycles. The van der Waals surface area contributed by atoms with Crippen molar-refractivity contribution in [2.24, 2.45) is 0 Å². The molecule has 0 atom stereocenters. The molecule has 0 bridgehead atoms. The maximum atomic E-state index is 14.4. The van der Waals surface area contributed by atoms with Gasteiger partial charge in [0.25, 0.3) is 0 Å². The van der Waals surface area contributed by atoms with Gasteiger partial charge in [0.15, 0.2) is 5.78 Å². The van der Waals surface area contributed by atoms with Crippen molar-refractivity contribution in [3.05, 3.63) is 23.5 Å². The molecule has 21 heavy (non-hydrogen) atoms. The molecule has 0 aromatic heterocycles. The largest absolute Gasteiger partial charge is 0.371 e. The summed E-state index contributed by atoms with van der Waals surface area (Å²) in [6.45, 7) is 7.17. The lowest BCUT2D eigenvalue weighted by Gasteiger charge is -2.36. The highest BCUT2D eigenvalue weighted by molar-refractivity contribution is 6.04. The second kappa shape index (κ2) is 5.64. The maximum Gasteiger partial charge on any atom is 0.166 e. The number of carbonyl (C=O) groups is 1. The zero-order valence-corrected chi connectivity index (χ0v) is 12.7. The van der Waals surface area contributed by atoms with Gasteiger partial charge in [0.2, 0.25) is 0 Å². The summed E-state index contributed by atoms with van der Waals surface area (Å²) in [4.78, 5) is 18.5. The van der Waals surface area contributed by atoms with Crippen molar-refractivity contribution in [2.75, 3.05) is 56.1 Å². The monoisotopic (exact) mass is 291 g/mol. The van der Waals surface area contributed by atoms with E-state index in [9.17, 15) is 9.18 Å². The van der Waals surface area contributed by atoms with Crippen LogP contribution in [0, 0.1) is 5.82 Å². The number of hydrogen-bond acceptors (Lipinski definition) is 4. The smallest absolute Gasteiger partial charge is 0.166 e. The van der Waals surface area contributed by atoms with Crippen LogP contribution >= 0.6 is 0 Å². The third-order valence-electron chi connectivity index (χ3n) is 4.54. The number of Topliss-reactive ketones (excluding diaryl/α,β-unsaturated/α-hetero) is 1. The molecule has 2 heterocycles. The number of fused-ring (bicyclic) bond motifs is 1. The Kier molecular flexibility index (Phi) is 3.85. The van der Waals surface area contributed by atoms with Crippen LogP contribution in [-0.4, -0.2) is 57.0 Å². The van der Waals surface area contributed by atoms with E-state index in [4.69, 9.17) is 0 Å². The third kappa shape index (κ3) is 2.62. The quantitative estimate of drug-likeness (QED) is 0.832. The summed E-state index contributed by atoms with van der Waals surface area (Å²) < 4.78 is 14.4. The zero-order valence-electron chi connectivity index (χ0n) is 12.7. The zero-order chi connectivity index (χ0) is 15.0. The lowest BCUT2D eigenvalue weighted by Crippen LogP contribution is -2.45. The van der Waals surface area contributed by atoms with Crippen LogP contribution in [0.1, 0.15) is 23.7 Å². The molecule has 1 aromatic rings. The summed E-state index contributed by atoms with van der Waals surface area (Å²) in [6.07, 6.45) is 0.480. The Morgan fingerprint density at radius 1 is 1.10 bits per heavy atom. The van der Waals surface area contributed by atoms with Gasteiger partial charge in [-0.2, -0.15) is 0 Å². The highest BCUT2D eigenvalue weighted by Gasteiger charge is 2.26. The summed E-state index contributed by atoms with van der Waals surface area (Å²) in [7, 11) is 2.08. The molecule has 0 aliphatic carbocycles. The van der Waals surface area contributed by atoms with Crippen LogP contribution in [0.4, 0.5) is 15.8 Å². The van der Waals surface area contributed by atoms with Crippen molar-refractivity contribution >= 4 is 17.2 Å². The molecule has 2 aliphatic rings. The minimum atomic E-state index is -0.274. The van der Waals surface area contributed by atoms with Crippen LogP contribution in [0.15, 0.2) is 12.1 Å². The molecule has 1 fully saturated rings. The van der Waals surface area contributed by atoms with E-state index in [2.05, 4.69) is 28.7 Å². The lowest BCUT2D eigenvalue weighted by atomic mass is 9.99. The molecule has 3 rings (SSSR count). The molecule has 5 heteroatoms. The Labute approximate surface area is 125 Å². The molecule has 0 radical (unpaired) electrons. The standard InChI is InChI=1S/C16H22FN3O/c1-3-19-5-4-16(21)12-10-13(17)15(11-14(12)19)20-8-6-18(2)7-9-20/h10-11H,3-9H2,1-2H3. The van der Waals surface area contributed by atoms with E-state index in [1.165, 1.54) is 6.07 Å². The number of nitrogens with zero attached hydrogens (tertiary/aromatic N) is 3. The number of ketones is 1. The van der Waals surface area contributed by atoms with E-state index in [0.29, 0.717) is 17.7 Å². The van der Waals surface area contributed by atoms with Gasteiger partial charge in [0.05, 0.1) is 5.69 Å². The van der Waals surface area contributed by atoms with Crippen molar-refractivity contribution < 1.29 is 9.18 Å². The second-order valence-electron chi connectivity index (χ2n) is 5.86. The fraction of sp³-hybridized carbons (Fsp3) is 0.562. The SMILES string of the molecule is CCN1CCC(=O)c2cc(F)c(N3CCN(C)CC3)cc21. The van der Waals surface area contributed by atoms with Crippen molar-refractivity contribution in [1.29, 1.82) is 0 Å². The maximum absolute atomic E-state index is 14.4. The van der Waals surface area contributed by atoms with Crippen LogP contribution in [-0.2, 0) is 0 Å². The fourth-order valence-corrected chi connectivity index (χ4v) is 3.15. The van der Waals surface area contributed by atoms with Crippen LogP contribution in [0.3, 0.4) is 0 Å². The van der Waals surface area contributed by atoms with E-state index in [-0.39, 0.29) is 11.6 Å². The number of benzene rings is 1. The van der Waals surface area contributed by atoms with Gasteiger partial charge in [-0.15, -0.1) is 0 Å². The summed E-state index contributed by atoms with van der Waals surface area (Å²) in [6, 6.07) is 3.31. The van der Waals surface area contributed by atoms with Crippen LogP contribution < -0.4 is 9.80 Å². The van der Waals surface area contributed by atoms with Gasteiger partial charge in [0, 0.05) is 56.9 Å². The number of rotatable bonds is 2. The molecule has 1 aromatic carbocycles. The van der Waals surface area contributed by atoms with Gasteiger partial charge in [0.1, 0.15) is 5.82 Å². The van der Waals surface area contributed by atoms with Gasteiger partial charge in [-0.25, -0.2) is 4.39 Å². The van der Waals surface area contributed by atoms with E-state index >= 15 is 0 Å². The first kappa shape index (κ1) is 14.3. The Morgan fingerprint density at radius 2 is 1.81 bits per heavy atom. The Morgan fingerprint density at radius 3 is 2.48 bits per heavy atom. The van der Waals surface area contributed by atoms with E-state index in [0.717, 1.165) is 45.0 Å². The molecular weight excluding hydrogens is 269 g/mol. The molecule has 1 saturated heterocycles. The Balaban J connectivity index is 1.97. The second-order valence-corrected chi connectivity index (χ2v) is 5.86. The topological polar surface area (TPSA) is 26.8 Å². The molecular formula is C16H22FN3O. The van der Waals surface area contributed by atoms with Crippen molar-refractivity contribution in [3.8, 4) is 0 Å². The summed E-state index contributed by atoms with van der Waals surface area (Å²) in [5, 5.41) is 0. The predicted molar refractivity (Wildman–Crippen MR) is 82.9 cm³/mol. The Bertz CT molecular complexity index is 553. The van der Waals surface area contributed by atoms with E-state index < -0.39 is 0 Å². The average Bonchev–Trinajstić information content (AvgIpc) is 2.49. The van der Waals surface area contributed by atoms with Crippen molar-refractivity contribution in [3.63, 3.8) is 0 Å². The first-order chi connectivity index (χ1) is 10.1. The minimum Gasteiger partial charge on any atom is -0.371 e. The number of carbonyl (C=O) groups excluding carboxylic acids is 1. The Hall–Kier alpha value is -1.62. The first-order valence-electron chi connectivity index (χ1n) is 7.65.